The summed E-state index contributed by atoms with van der Waals surface area (Å²) in [6, 6.07) is 1.81. The largest absolute Gasteiger partial charge is 0.494 e. The zero-order valence-corrected chi connectivity index (χ0v) is 9.57. The number of aliphatic imine (C=N–C) groups is 1. The standard InChI is InChI=1S/C9H9ClFN3O3/c1-17-8-3-7(14(15)16)5(11)2-6(8)13-9(12)4-10/h2-3H,4H2,1H3,(H2,12,13). The molecule has 1 aromatic rings. The third-order valence-corrected chi connectivity index (χ3v) is 2.12. The van der Waals surface area contributed by atoms with E-state index in [0.717, 1.165) is 12.1 Å². The van der Waals surface area contributed by atoms with Crippen molar-refractivity contribution in [2.45, 2.75) is 0 Å². The molecule has 2 N–H and O–H groups in total. The minimum atomic E-state index is -1.02. The number of rotatable bonds is 4. The van der Waals surface area contributed by atoms with E-state index in [4.69, 9.17) is 22.1 Å². The molecule has 0 fully saturated rings. The van der Waals surface area contributed by atoms with Gasteiger partial charge in [-0.15, -0.1) is 11.6 Å². The highest BCUT2D eigenvalue weighted by molar-refractivity contribution is 6.28. The molecule has 17 heavy (non-hydrogen) atoms. The van der Waals surface area contributed by atoms with Crippen LogP contribution in [0.25, 0.3) is 0 Å². The smallest absolute Gasteiger partial charge is 0.308 e. The second-order valence-electron chi connectivity index (χ2n) is 2.97. The number of benzene rings is 1. The van der Waals surface area contributed by atoms with E-state index >= 15 is 0 Å². The summed E-state index contributed by atoms with van der Waals surface area (Å²) in [7, 11) is 1.28. The lowest BCUT2D eigenvalue weighted by Gasteiger charge is -2.05. The summed E-state index contributed by atoms with van der Waals surface area (Å²) < 4.78 is 18.2. The highest BCUT2D eigenvalue weighted by Crippen LogP contribution is 2.33. The Morgan fingerprint density at radius 3 is 2.82 bits per heavy atom. The third-order valence-electron chi connectivity index (χ3n) is 1.85. The molecule has 1 aromatic carbocycles. The van der Waals surface area contributed by atoms with E-state index in [0.29, 0.717) is 0 Å². The van der Waals surface area contributed by atoms with E-state index < -0.39 is 16.4 Å². The summed E-state index contributed by atoms with van der Waals surface area (Å²) >= 11 is 5.42. The summed E-state index contributed by atoms with van der Waals surface area (Å²) in [6.07, 6.45) is 0. The second-order valence-corrected chi connectivity index (χ2v) is 3.24. The van der Waals surface area contributed by atoms with Crippen molar-refractivity contribution in [3.63, 3.8) is 0 Å². The van der Waals surface area contributed by atoms with E-state index in [1.165, 1.54) is 7.11 Å². The highest BCUT2D eigenvalue weighted by Gasteiger charge is 2.18. The maximum absolute atomic E-state index is 13.3. The van der Waals surface area contributed by atoms with Gasteiger partial charge in [0, 0.05) is 6.07 Å². The van der Waals surface area contributed by atoms with Crippen LogP contribution in [0.2, 0.25) is 0 Å². The van der Waals surface area contributed by atoms with Gasteiger partial charge in [-0.25, -0.2) is 4.99 Å². The molecule has 0 aliphatic rings. The van der Waals surface area contributed by atoms with Crippen molar-refractivity contribution in [2.75, 3.05) is 13.0 Å². The summed E-state index contributed by atoms with van der Waals surface area (Å²) in [5.74, 6) is -0.955. The number of nitrogens with two attached hydrogens (primary N) is 1. The molecule has 0 aromatic heterocycles. The molecule has 0 unspecified atom stereocenters. The fourth-order valence-electron chi connectivity index (χ4n) is 1.11. The van der Waals surface area contributed by atoms with Crippen LogP contribution in [0.4, 0.5) is 15.8 Å². The molecule has 0 saturated carbocycles. The lowest BCUT2D eigenvalue weighted by Crippen LogP contribution is -2.12. The van der Waals surface area contributed by atoms with Crippen LogP contribution >= 0.6 is 11.6 Å². The Kier molecular flexibility index (Phi) is 4.22. The number of nitro groups is 1. The van der Waals surface area contributed by atoms with Gasteiger partial charge in [0.05, 0.1) is 24.0 Å². The van der Waals surface area contributed by atoms with Gasteiger partial charge in [-0.2, -0.15) is 4.39 Å². The van der Waals surface area contributed by atoms with Crippen LogP contribution in [0.3, 0.4) is 0 Å². The van der Waals surface area contributed by atoms with E-state index in [-0.39, 0.29) is 23.2 Å². The lowest BCUT2D eigenvalue weighted by molar-refractivity contribution is -0.387. The number of methoxy groups -OCH3 is 1. The first-order chi connectivity index (χ1) is 7.99. The lowest BCUT2D eigenvalue weighted by atomic mass is 10.2. The summed E-state index contributed by atoms with van der Waals surface area (Å²) in [5.41, 5.74) is 4.74. The molecule has 0 aliphatic carbocycles. The molecule has 0 spiro atoms. The summed E-state index contributed by atoms with van der Waals surface area (Å²) in [5, 5.41) is 10.5. The van der Waals surface area contributed by atoms with E-state index in [9.17, 15) is 14.5 Å². The number of alkyl halides is 1. The predicted molar refractivity (Wildman–Crippen MR) is 61.6 cm³/mol. The zero-order chi connectivity index (χ0) is 13.0. The van der Waals surface area contributed by atoms with Crippen molar-refractivity contribution >= 4 is 28.8 Å². The van der Waals surface area contributed by atoms with Gasteiger partial charge in [0.15, 0.2) is 5.75 Å². The molecule has 6 nitrogen and oxygen atoms in total. The van der Waals surface area contributed by atoms with Crippen molar-refractivity contribution in [3.8, 4) is 5.75 Å². The first-order valence-electron chi connectivity index (χ1n) is 4.40. The SMILES string of the molecule is COc1cc([N+](=O)[O-])c(F)cc1N=C(N)CCl. The quantitative estimate of drug-likeness (QED) is 0.295. The molecule has 0 atom stereocenters. The van der Waals surface area contributed by atoms with Gasteiger partial charge in [0.1, 0.15) is 11.5 Å². The molecule has 1 rings (SSSR count). The second kappa shape index (κ2) is 5.44. The summed E-state index contributed by atoms with van der Waals surface area (Å²) in [4.78, 5) is 13.4. The Labute approximate surface area is 101 Å². The number of ether oxygens (including phenoxy) is 1. The normalized spacial score (nSPS) is 11.4. The average Bonchev–Trinajstić information content (AvgIpc) is 2.28. The van der Waals surface area contributed by atoms with Crippen LogP contribution in [-0.4, -0.2) is 23.7 Å². The molecule has 0 saturated heterocycles. The fraction of sp³-hybridized carbons (Fsp3) is 0.222. The maximum atomic E-state index is 13.3. The van der Waals surface area contributed by atoms with Crippen molar-refractivity contribution in [2.24, 2.45) is 10.7 Å². The van der Waals surface area contributed by atoms with Gasteiger partial charge in [-0.1, -0.05) is 0 Å². The molecule has 0 heterocycles. The Morgan fingerprint density at radius 1 is 1.71 bits per heavy atom. The monoisotopic (exact) mass is 261 g/mol. The number of nitrogens with zero attached hydrogens (tertiary/aromatic N) is 2. The zero-order valence-electron chi connectivity index (χ0n) is 8.81. The molecule has 0 amide bonds. The Balaban J connectivity index is 3.33. The average molecular weight is 262 g/mol. The van der Waals surface area contributed by atoms with Gasteiger partial charge in [-0.3, -0.25) is 10.1 Å². The maximum Gasteiger partial charge on any atom is 0.308 e. The molecule has 0 radical (unpaired) electrons. The van der Waals surface area contributed by atoms with Crippen molar-refractivity contribution < 1.29 is 14.1 Å². The number of halogens is 2. The molecular formula is C9H9ClFN3O3. The number of amidine groups is 1. The predicted octanol–water partition coefficient (Wildman–Crippen LogP) is 1.97. The summed E-state index contributed by atoms with van der Waals surface area (Å²) in [6.45, 7) is 0. The molecule has 8 heteroatoms. The Morgan fingerprint density at radius 2 is 2.35 bits per heavy atom. The van der Waals surface area contributed by atoms with Gasteiger partial charge >= 0.3 is 5.69 Å². The van der Waals surface area contributed by atoms with Crippen LogP contribution in [-0.2, 0) is 0 Å². The number of hydrogen-bond donors (Lipinski definition) is 1. The van der Waals surface area contributed by atoms with Crippen LogP contribution in [0, 0.1) is 15.9 Å². The fourth-order valence-corrected chi connectivity index (χ4v) is 1.17. The molecular weight excluding hydrogens is 253 g/mol. The van der Waals surface area contributed by atoms with E-state index in [2.05, 4.69) is 4.99 Å². The molecule has 92 valence electrons. The highest BCUT2D eigenvalue weighted by atomic mass is 35.5. The third kappa shape index (κ3) is 3.04. The minimum absolute atomic E-state index is 0.0399. The Bertz CT molecular complexity index is 479. The van der Waals surface area contributed by atoms with Gasteiger partial charge < -0.3 is 10.5 Å². The number of nitro benzene ring substituents is 1. The Hall–Kier alpha value is -1.89. The van der Waals surface area contributed by atoms with Crippen LogP contribution in [0.5, 0.6) is 5.75 Å². The van der Waals surface area contributed by atoms with E-state index in [1.807, 2.05) is 0 Å². The minimum Gasteiger partial charge on any atom is -0.494 e. The van der Waals surface area contributed by atoms with Crippen molar-refractivity contribution in [3.05, 3.63) is 28.1 Å². The van der Waals surface area contributed by atoms with Gasteiger partial charge in [0.25, 0.3) is 0 Å². The van der Waals surface area contributed by atoms with E-state index in [1.54, 1.807) is 0 Å². The number of hydrogen-bond acceptors (Lipinski definition) is 4. The first kappa shape index (κ1) is 13.2. The topological polar surface area (TPSA) is 90.8 Å². The molecule has 0 bridgehead atoms. The van der Waals surface area contributed by atoms with Crippen LogP contribution in [0.15, 0.2) is 17.1 Å². The first-order valence-corrected chi connectivity index (χ1v) is 4.94. The van der Waals surface area contributed by atoms with Gasteiger partial charge in [0.2, 0.25) is 5.82 Å². The van der Waals surface area contributed by atoms with Gasteiger partial charge in [-0.05, 0) is 0 Å². The molecule has 0 aliphatic heterocycles. The van der Waals surface area contributed by atoms with Crippen molar-refractivity contribution in [1.82, 2.24) is 0 Å². The van der Waals surface area contributed by atoms with Crippen LogP contribution in [0.1, 0.15) is 0 Å². The van der Waals surface area contributed by atoms with Crippen LogP contribution < -0.4 is 10.5 Å². The van der Waals surface area contributed by atoms with Crippen molar-refractivity contribution in [1.29, 1.82) is 0 Å².